The Labute approximate surface area is 200 Å². The van der Waals surface area contributed by atoms with Crippen LogP contribution in [-0.2, 0) is 14.8 Å². The van der Waals surface area contributed by atoms with E-state index in [0.717, 1.165) is 15.4 Å². The Morgan fingerprint density at radius 3 is 2.18 bits per heavy atom. The molecule has 1 amide bonds. The number of anilines is 1. The molecule has 0 unspecified atom stereocenters. The summed E-state index contributed by atoms with van der Waals surface area (Å²) in [6.45, 7) is 5.65. The highest BCUT2D eigenvalue weighted by Gasteiger charge is 2.27. The van der Waals surface area contributed by atoms with Crippen molar-refractivity contribution in [3.8, 4) is 0 Å². The van der Waals surface area contributed by atoms with Gasteiger partial charge in [0.25, 0.3) is 15.9 Å². The number of hydrazone groups is 1. The van der Waals surface area contributed by atoms with Gasteiger partial charge in [-0.05, 0) is 60.4 Å². The van der Waals surface area contributed by atoms with Crippen LogP contribution in [0.3, 0.4) is 0 Å². The maximum atomic E-state index is 13.3. The number of carbonyl (C=O) groups is 1. The molecule has 0 fully saturated rings. The van der Waals surface area contributed by atoms with Crippen LogP contribution in [-0.4, -0.2) is 27.1 Å². The zero-order valence-corrected chi connectivity index (χ0v) is 20.3. The Kier molecular flexibility index (Phi) is 7.89. The topological polar surface area (TPSA) is 78.8 Å². The smallest absolute Gasteiger partial charge is 0.264 e. The van der Waals surface area contributed by atoms with Crippen molar-refractivity contribution in [2.24, 2.45) is 5.10 Å². The molecule has 0 radical (unpaired) electrons. The van der Waals surface area contributed by atoms with E-state index in [1.165, 1.54) is 23.9 Å². The highest BCUT2D eigenvalue weighted by molar-refractivity contribution is 7.92. The summed E-state index contributed by atoms with van der Waals surface area (Å²) in [6.07, 6.45) is 1.52. The van der Waals surface area contributed by atoms with Gasteiger partial charge in [-0.15, -0.1) is 0 Å². The molecule has 0 saturated carbocycles. The molecule has 3 aromatic carbocycles. The highest BCUT2D eigenvalue weighted by atomic mass is 35.5. The molecule has 0 aromatic heterocycles. The van der Waals surface area contributed by atoms with Crippen LogP contribution in [0.15, 0.2) is 82.8 Å². The molecule has 1 N–H and O–H groups in total. The van der Waals surface area contributed by atoms with Crippen LogP contribution in [0.5, 0.6) is 0 Å². The molecule has 6 nitrogen and oxygen atoms in total. The van der Waals surface area contributed by atoms with Gasteiger partial charge in [-0.2, -0.15) is 5.10 Å². The average molecular weight is 484 g/mol. The molecule has 3 aromatic rings. The number of sulfonamides is 1. The Bertz CT molecular complexity index is 1220. The van der Waals surface area contributed by atoms with Crippen molar-refractivity contribution in [3.63, 3.8) is 0 Å². The van der Waals surface area contributed by atoms with Gasteiger partial charge in [-0.1, -0.05) is 67.4 Å². The van der Waals surface area contributed by atoms with Gasteiger partial charge in [-0.3, -0.25) is 9.10 Å². The standard InChI is InChI=1S/C25H26ClN3O3S/c1-18(2)21-8-6-20(7-9-21)16-27-28-25(30)17-29(23-12-10-22(26)11-13-23)33(31,32)24-14-4-19(3)5-15-24/h4-16,18H,17H2,1-3H3,(H,28,30)/b27-16-. The van der Waals surface area contributed by atoms with Gasteiger partial charge in [-0.25, -0.2) is 13.8 Å². The third-order valence-electron chi connectivity index (χ3n) is 5.02. The number of aryl methyl sites for hydroxylation is 1. The molecule has 0 bridgehead atoms. The van der Waals surface area contributed by atoms with E-state index in [1.807, 2.05) is 31.2 Å². The molecule has 33 heavy (non-hydrogen) atoms. The normalized spacial score (nSPS) is 11.7. The van der Waals surface area contributed by atoms with Crippen LogP contribution < -0.4 is 9.73 Å². The minimum absolute atomic E-state index is 0.0876. The van der Waals surface area contributed by atoms with E-state index >= 15 is 0 Å². The van der Waals surface area contributed by atoms with E-state index in [4.69, 9.17) is 11.6 Å². The van der Waals surface area contributed by atoms with Crippen LogP contribution in [0.2, 0.25) is 5.02 Å². The van der Waals surface area contributed by atoms with Gasteiger partial charge >= 0.3 is 0 Å². The number of hydrogen-bond acceptors (Lipinski definition) is 4. The van der Waals surface area contributed by atoms with Crippen LogP contribution in [0.1, 0.15) is 36.5 Å². The minimum Gasteiger partial charge on any atom is -0.271 e. The predicted octanol–water partition coefficient (Wildman–Crippen LogP) is 5.12. The van der Waals surface area contributed by atoms with Gasteiger partial charge in [0.05, 0.1) is 16.8 Å². The fourth-order valence-electron chi connectivity index (χ4n) is 3.07. The van der Waals surface area contributed by atoms with Crippen LogP contribution in [0, 0.1) is 6.92 Å². The molecule has 8 heteroatoms. The predicted molar refractivity (Wildman–Crippen MR) is 133 cm³/mol. The monoisotopic (exact) mass is 483 g/mol. The van der Waals surface area contributed by atoms with Crippen LogP contribution in [0.4, 0.5) is 5.69 Å². The molecule has 172 valence electrons. The summed E-state index contributed by atoms with van der Waals surface area (Å²) >= 11 is 5.96. The fraction of sp³-hybridized carbons (Fsp3) is 0.200. The third-order valence-corrected chi connectivity index (χ3v) is 7.06. The van der Waals surface area contributed by atoms with Crippen LogP contribution >= 0.6 is 11.6 Å². The van der Waals surface area contributed by atoms with E-state index in [9.17, 15) is 13.2 Å². The number of nitrogens with zero attached hydrogens (tertiary/aromatic N) is 2. The Hall–Kier alpha value is -3.16. The van der Waals surface area contributed by atoms with E-state index in [0.29, 0.717) is 16.6 Å². The first kappa shape index (κ1) is 24.5. The SMILES string of the molecule is Cc1ccc(S(=O)(=O)N(CC(=O)N/N=C\c2ccc(C(C)C)cc2)c2ccc(Cl)cc2)cc1. The first-order valence-electron chi connectivity index (χ1n) is 10.4. The summed E-state index contributed by atoms with van der Waals surface area (Å²) in [7, 11) is -3.99. The Balaban J connectivity index is 1.79. The van der Waals surface area contributed by atoms with Crippen molar-refractivity contribution >= 4 is 39.4 Å². The van der Waals surface area contributed by atoms with Crippen molar-refractivity contribution in [1.82, 2.24) is 5.43 Å². The van der Waals surface area contributed by atoms with Crippen LogP contribution in [0.25, 0.3) is 0 Å². The quantitative estimate of drug-likeness (QED) is 0.357. The summed E-state index contributed by atoms with van der Waals surface area (Å²) in [6, 6.07) is 20.5. The van der Waals surface area contributed by atoms with E-state index in [1.54, 1.807) is 36.4 Å². The average Bonchev–Trinajstić information content (AvgIpc) is 2.79. The molecular formula is C25H26ClN3O3S. The molecule has 0 aliphatic carbocycles. The number of hydrogen-bond donors (Lipinski definition) is 1. The lowest BCUT2D eigenvalue weighted by atomic mass is 10.0. The maximum Gasteiger partial charge on any atom is 0.264 e. The van der Waals surface area contributed by atoms with Gasteiger partial charge in [0, 0.05) is 5.02 Å². The van der Waals surface area contributed by atoms with Crippen molar-refractivity contribution in [2.45, 2.75) is 31.6 Å². The molecule has 0 saturated heterocycles. The lowest BCUT2D eigenvalue weighted by molar-refractivity contribution is -0.119. The van der Waals surface area contributed by atoms with Crippen molar-refractivity contribution in [2.75, 3.05) is 10.8 Å². The summed E-state index contributed by atoms with van der Waals surface area (Å²) in [5.41, 5.74) is 5.69. The van der Waals surface area contributed by atoms with Crippen molar-refractivity contribution in [3.05, 3.63) is 94.5 Å². The Morgan fingerprint density at radius 2 is 1.61 bits per heavy atom. The van der Waals surface area contributed by atoms with Gasteiger partial charge < -0.3 is 0 Å². The minimum atomic E-state index is -3.99. The molecule has 3 rings (SSSR count). The fourth-order valence-corrected chi connectivity index (χ4v) is 4.62. The van der Waals surface area contributed by atoms with Crippen molar-refractivity contribution in [1.29, 1.82) is 0 Å². The largest absolute Gasteiger partial charge is 0.271 e. The summed E-state index contributed by atoms with van der Waals surface area (Å²) in [5, 5.41) is 4.44. The van der Waals surface area contributed by atoms with E-state index in [2.05, 4.69) is 24.4 Å². The maximum absolute atomic E-state index is 13.3. The van der Waals surface area contributed by atoms with Crippen molar-refractivity contribution < 1.29 is 13.2 Å². The number of benzene rings is 3. The number of rotatable bonds is 8. The number of amides is 1. The highest BCUT2D eigenvalue weighted by Crippen LogP contribution is 2.25. The Morgan fingerprint density at radius 1 is 1.00 bits per heavy atom. The first-order chi connectivity index (χ1) is 15.7. The zero-order chi connectivity index (χ0) is 24.0. The molecule has 0 aliphatic heterocycles. The van der Waals surface area contributed by atoms with Gasteiger partial charge in [0.1, 0.15) is 6.54 Å². The van der Waals surface area contributed by atoms with Gasteiger partial charge in [0.15, 0.2) is 0 Å². The molecule has 0 heterocycles. The number of carbonyl (C=O) groups excluding carboxylic acids is 1. The second-order valence-electron chi connectivity index (χ2n) is 7.92. The second-order valence-corrected chi connectivity index (χ2v) is 10.2. The molecule has 0 atom stereocenters. The number of halogens is 1. The second kappa shape index (κ2) is 10.6. The lowest BCUT2D eigenvalue weighted by Crippen LogP contribution is -2.39. The summed E-state index contributed by atoms with van der Waals surface area (Å²) < 4.78 is 27.7. The third kappa shape index (κ3) is 6.43. The summed E-state index contributed by atoms with van der Waals surface area (Å²) in [4.78, 5) is 12.7. The summed E-state index contributed by atoms with van der Waals surface area (Å²) in [5.74, 6) is -0.152. The van der Waals surface area contributed by atoms with E-state index < -0.39 is 22.5 Å². The first-order valence-corrected chi connectivity index (χ1v) is 12.3. The molecule has 0 spiro atoms. The lowest BCUT2D eigenvalue weighted by Gasteiger charge is -2.23. The van der Waals surface area contributed by atoms with Gasteiger partial charge in [0.2, 0.25) is 0 Å². The van der Waals surface area contributed by atoms with E-state index in [-0.39, 0.29) is 4.90 Å². The molecule has 0 aliphatic rings. The zero-order valence-electron chi connectivity index (χ0n) is 18.7. The number of nitrogens with one attached hydrogen (secondary N) is 1. The molecular weight excluding hydrogens is 458 g/mol.